The van der Waals surface area contributed by atoms with Crippen LogP contribution in [0, 0.1) is 0 Å². The Morgan fingerprint density at radius 2 is 1.80 bits per heavy atom. The van der Waals surface area contributed by atoms with Crippen molar-refractivity contribution in [2.75, 3.05) is 29.7 Å². The van der Waals surface area contributed by atoms with Crippen LogP contribution in [0.5, 0.6) is 11.5 Å². The van der Waals surface area contributed by atoms with E-state index in [2.05, 4.69) is 10.6 Å². The van der Waals surface area contributed by atoms with Gasteiger partial charge in [0.2, 0.25) is 24.5 Å². The van der Waals surface area contributed by atoms with Gasteiger partial charge in [0.25, 0.3) is 5.91 Å². The molecule has 2 aromatic carbocycles. The highest BCUT2D eigenvalue weighted by Gasteiger charge is 2.37. The van der Waals surface area contributed by atoms with Gasteiger partial charge < -0.3 is 34.9 Å². The molecule has 210 valence electrons. The standard InChI is InChI=1S/C27H28N4O9/c1-16(33)30-12-19(29-24(34)9-7-17-6-8-22-23(10-17)40-15-39-22)27(38)31(21-5-3-2-4-20(21)30)13-25(35)28-18(14-32)11-26(36)37/h2-6,8,10,14,18-19H,7,9,11-13,15H2,1H3,(H,28,35)(H,29,34)(H,36,37)/t18-,19-/m0/s1. The first kappa shape index (κ1) is 28.1. The summed E-state index contributed by atoms with van der Waals surface area (Å²) in [5.41, 5.74) is 1.43. The van der Waals surface area contributed by atoms with Gasteiger partial charge in [-0.15, -0.1) is 0 Å². The topological polar surface area (TPSA) is 172 Å². The molecule has 0 radical (unpaired) electrons. The van der Waals surface area contributed by atoms with Crippen LogP contribution in [-0.2, 0) is 35.2 Å². The lowest BCUT2D eigenvalue weighted by molar-refractivity contribution is -0.139. The molecule has 2 aliphatic heterocycles. The number of fused-ring (bicyclic) bond motifs is 2. The maximum Gasteiger partial charge on any atom is 0.305 e. The SMILES string of the molecule is CC(=O)N1C[C@H](NC(=O)CCc2ccc3c(c2)OCO3)C(=O)N(CC(=O)N[C@H](C=O)CC(=O)O)c2ccccc21. The summed E-state index contributed by atoms with van der Waals surface area (Å²) >= 11 is 0. The number of nitrogens with zero attached hydrogens (tertiary/aromatic N) is 2. The van der Waals surface area contributed by atoms with Crippen molar-refractivity contribution >= 4 is 47.3 Å². The highest BCUT2D eigenvalue weighted by atomic mass is 16.7. The fourth-order valence-corrected chi connectivity index (χ4v) is 4.49. The quantitative estimate of drug-likeness (QED) is 0.353. The molecule has 13 heteroatoms. The summed E-state index contributed by atoms with van der Waals surface area (Å²) in [5.74, 6) is -2.34. The smallest absolute Gasteiger partial charge is 0.305 e. The van der Waals surface area contributed by atoms with Crippen molar-refractivity contribution in [3.63, 3.8) is 0 Å². The number of carbonyl (C=O) groups excluding carboxylic acids is 5. The van der Waals surface area contributed by atoms with Crippen molar-refractivity contribution in [2.24, 2.45) is 0 Å². The molecule has 0 aromatic heterocycles. The third-order valence-electron chi connectivity index (χ3n) is 6.39. The maximum atomic E-state index is 13.7. The normalized spacial score (nSPS) is 16.4. The molecule has 2 aromatic rings. The largest absolute Gasteiger partial charge is 0.481 e. The first-order chi connectivity index (χ1) is 19.2. The molecule has 0 spiro atoms. The second kappa shape index (κ2) is 12.3. The van der Waals surface area contributed by atoms with Crippen molar-refractivity contribution < 1.29 is 43.3 Å². The molecule has 0 saturated carbocycles. The Balaban J connectivity index is 1.52. The second-order valence-electron chi connectivity index (χ2n) is 9.26. The van der Waals surface area contributed by atoms with Crippen LogP contribution in [0.15, 0.2) is 42.5 Å². The zero-order chi connectivity index (χ0) is 28.8. The summed E-state index contributed by atoms with van der Waals surface area (Å²) in [4.78, 5) is 76.6. The number of benzene rings is 2. The maximum absolute atomic E-state index is 13.7. The van der Waals surface area contributed by atoms with E-state index < -0.39 is 48.7 Å². The summed E-state index contributed by atoms with van der Waals surface area (Å²) in [5, 5.41) is 13.9. The second-order valence-corrected chi connectivity index (χ2v) is 9.26. The van der Waals surface area contributed by atoms with Gasteiger partial charge in [-0.05, 0) is 36.2 Å². The van der Waals surface area contributed by atoms with E-state index >= 15 is 0 Å². The number of aliphatic carboxylic acids is 1. The van der Waals surface area contributed by atoms with E-state index in [1.165, 1.54) is 11.8 Å². The minimum Gasteiger partial charge on any atom is -0.481 e. The summed E-state index contributed by atoms with van der Waals surface area (Å²) in [6, 6.07) is 9.31. The third kappa shape index (κ3) is 6.54. The number of nitrogens with one attached hydrogen (secondary N) is 2. The fraction of sp³-hybridized carbons (Fsp3) is 0.333. The number of carbonyl (C=O) groups is 6. The number of para-hydroxylation sites is 2. The van der Waals surface area contributed by atoms with Gasteiger partial charge in [-0.3, -0.25) is 28.9 Å². The van der Waals surface area contributed by atoms with Gasteiger partial charge in [-0.25, -0.2) is 0 Å². The molecule has 2 aliphatic rings. The van der Waals surface area contributed by atoms with Crippen LogP contribution in [0.3, 0.4) is 0 Å². The highest BCUT2D eigenvalue weighted by Crippen LogP contribution is 2.34. The van der Waals surface area contributed by atoms with Crippen molar-refractivity contribution in [2.45, 2.75) is 38.3 Å². The number of carboxylic acids is 1. The molecule has 13 nitrogen and oxygen atoms in total. The van der Waals surface area contributed by atoms with Gasteiger partial charge in [-0.1, -0.05) is 18.2 Å². The molecule has 0 aliphatic carbocycles. The van der Waals surface area contributed by atoms with Gasteiger partial charge >= 0.3 is 5.97 Å². The lowest BCUT2D eigenvalue weighted by Crippen LogP contribution is -2.54. The molecule has 3 N–H and O–H groups in total. The van der Waals surface area contributed by atoms with E-state index in [0.29, 0.717) is 29.9 Å². The van der Waals surface area contributed by atoms with Crippen LogP contribution in [0.1, 0.15) is 25.3 Å². The molecule has 4 rings (SSSR count). The molecule has 0 saturated heterocycles. The minimum atomic E-state index is -1.29. The zero-order valence-corrected chi connectivity index (χ0v) is 21.6. The Morgan fingerprint density at radius 3 is 2.50 bits per heavy atom. The van der Waals surface area contributed by atoms with Crippen LogP contribution < -0.4 is 29.9 Å². The monoisotopic (exact) mass is 552 g/mol. The first-order valence-electron chi connectivity index (χ1n) is 12.5. The number of rotatable bonds is 10. The van der Waals surface area contributed by atoms with Gasteiger partial charge in [0, 0.05) is 13.3 Å². The van der Waals surface area contributed by atoms with E-state index in [1.807, 2.05) is 6.07 Å². The van der Waals surface area contributed by atoms with E-state index in [0.717, 1.165) is 10.5 Å². The summed E-state index contributed by atoms with van der Waals surface area (Å²) < 4.78 is 10.7. The lowest BCUT2D eigenvalue weighted by Gasteiger charge is -2.25. The van der Waals surface area contributed by atoms with Crippen LogP contribution in [0.25, 0.3) is 0 Å². The predicted octanol–water partition coefficient (Wildman–Crippen LogP) is 0.391. The molecule has 0 fully saturated rings. The Bertz CT molecular complexity index is 1350. The van der Waals surface area contributed by atoms with E-state index in [1.54, 1.807) is 36.4 Å². The number of anilines is 2. The van der Waals surface area contributed by atoms with E-state index in [4.69, 9.17) is 14.6 Å². The molecular weight excluding hydrogens is 524 g/mol. The predicted molar refractivity (Wildman–Crippen MR) is 140 cm³/mol. The molecule has 0 bridgehead atoms. The molecule has 4 amide bonds. The summed E-state index contributed by atoms with van der Waals surface area (Å²) in [7, 11) is 0. The minimum absolute atomic E-state index is 0.0349. The third-order valence-corrected chi connectivity index (χ3v) is 6.39. The zero-order valence-electron chi connectivity index (χ0n) is 21.6. The molecule has 0 unspecified atom stereocenters. The average molecular weight is 553 g/mol. The molecule has 2 heterocycles. The number of carboxylic acid groups (broad SMARTS) is 1. The van der Waals surface area contributed by atoms with Crippen molar-refractivity contribution in [1.29, 1.82) is 0 Å². The fourth-order valence-electron chi connectivity index (χ4n) is 4.49. The highest BCUT2D eigenvalue weighted by molar-refractivity contribution is 6.09. The Morgan fingerprint density at radius 1 is 1.07 bits per heavy atom. The number of hydrogen-bond acceptors (Lipinski definition) is 8. The average Bonchev–Trinajstić information content (AvgIpc) is 3.36. The van der Waals surface area contributed by atoms with E-state index in [9.17, 15) is 28.8 Å². The van der Waals surface area contributed by atoms with Gasteiger partial charge in [0.1, 0.15) is 18.9 Å². The van der Waals surface area contributed by atoms with Crippen LogP contribution >= 0.6 is 0 Å². The molecule has 2 atom stereocenters. The summed E-state index contributed by atoms with van der Waals surface area (Å²) in [6.45, 7) is 0.703. The van der Waals surface area contributed by atoms with Crippen LogP contribution in [-0.4, -0.2) is 73.0 Å². The van der Waals surface area contributed by atoms with Crippen LogP contribution in [0.2, 0.25) is 0 Å². The number of amides is 4. The van der Waals surface area contributed by atoms with Crippen LogP contribution in [0.4, 0.5) is 11.4 Å². The number of aryl methyl sites for hydroxylation is 1. The lowest BCUT2D eigenvalue weighted by atomic mass is 10.1. The Kier molecular flexibility index (Phi) is 8.62. The van der Waals surface area contributed by atoms with Crippen molar-refractivity contribution in [1.82, 2.24) is 10.6 Å². The molecule has 40 heavy (non-hydrogen) atoms. The Labute approximate surface area is 229 Å². The number of hydrogen-bond donors (Lipinski definition) is 3. The first-order valence-corrected chi connectivity index (χ1v) is 12.5. The van der Waals surface area contributed by atoms with Gasteiger partial charge in [-0.2, -0.15) is 0 Å². The van der Waals surface area contributed by atoms with Gasteiger partial charge in [0.15, 0.2) is 11.5 Å². The summed E-state index contributed by atoms with van der Waals surface area (Å²) in [6.07, 6.45) is 0.0563. The molecular formula is C27H28N4O9. The number of ether oxygens (including phenoxy) is 2. The van der Waals surface area contributed by atoms with E-state index in [-0.39, 0.29) is 31.4 Å². The van der Waals surface area contributed by atoms with Crippen molar-refractivity contribution in [3.8, 4) is 11.5 Å². The Hall–Kier alpha value is -4.94. The van der Waals surface area contributed by atoms with Crippen molar-refractivity contribution in [3.05, 3.63) is 48.0 Å². The number of aldehydes is 1. The van der Waals surface area contributed by atoms with Gasteiger partial charge in [0.05, 0.1) is 30.4 Å².